The summed E-state index contributed by atoms with van der Waals surface area (Å²) in [6, 6.07) is 9.60. The summed E-state index contributed by atoms with van der Waals surface area (Å²) in [6.45, 7) is 26.7. The second kappa shape index (κ2) is 24.8. The number of benzene rings is 1. The summed E-state index contributed by atoms with van der Waals surface area (Å²) in [5, 5.41) is 0.146. The van der Waals surface area contributed by atoms with Crippen LogP contribution in [0.1, 0.15) is 159 Å². The van der Waals surface area contributed by atoms with Gasteiger partial charge < -0.3 is 42.3 Å². The first kappa shape index (κ1) is 55.0. The lowest BCUT2D eigenvalue weighted by Crippen LogP contribution is -2.44. The number of carbonyl (C=O) groups is 4. The molecule has 0 radical (unpaired) electrons. The van der Waals surface area contributed by atoms with Crippen LogP contribution in [0, 0.1) is 23.7 Å². The zero-order chi connectivity index (χ0) is 49.2. The van der Waals surface area contributed by atoms with Crippen molar-refractivity contribution in [2.45, 2.75) is 251 Å². The molecule has 0 saturated carbocycles. The van der Waals surface area contributed by atoms with Crippen molar-refractivity contribution in [3.8, 4) is 0 Å². The highest BCUT2D eigenvalue weighted by Gasteiger charge is 2.42. The molecule has 0 aliphatic carbocycles. The van der Waals surface area contributed by atoms with E-state index in [1.807, 2.05) is 78.8 Å². The van der Waals surface area contributed by atoms with Gasteiger partial charge in [0.1, 0.15) is 24.9 Å². The molecule has 0 amide bonds. The number of hydrogen-bond donors (Lipinski definition) is 0. The number of ether oxygens (including phenoxy) is 8. The van der Waals surface area contributed by atoms with Crippen LogP contribution in [-0.2, 0) is 68.1 Å². The summed E-state index contributed by atoms with van der Waals surface area (Å²) < 4.78 is 55.0. The standard InChI is InChI=1S/C53H86O13Si/c1-32(27-41-19-23-45(62-41)36(5)49(54)58-31-40-17-15-14-16-18-40)59-50(55)37(6)46-24-20-42(63-46)28-33(2)60-51(56)38(7)47-25-21-43(64-47)29-34(3)61-52(57)39(8)48-26-22-44(65-48)30-35(4)66-67(12,13)53(9,10)11/h14-18,32-39,41-48H,19-31H2,1-13H3/t32-,33+,34-,35+,36+,37-,38-,39-,41-,42+,43-,44+,45+,46-,47+,48-/m0/s1. The molecular formula is C53H86O13Si. The van der Waals surface area contributed by atoms with Gasteiger partial charge in [0.2, 0.25) is 0 Å². The van der Waals surface area contributed by atoms with Crippen LogP contribution in [0.15, 0.2) is 30.3 Å². The lowest BCUT2D eigenvalue weighted by Gasteiger charge is -2.39. The first-order valence-corrected chi connectivity index (χ1v) is 28.5. The number of carbonyl (C=O) groups excluding carboxylic acids is 4. The predicted octanol–water partition coefficient (Wildman–Crippen LogP) is 10.2. The average Bonchev–Trinajstić information content (AvgIpc) is 4.10. The molecule has 1 aromatic rings. The highest BCUT2D eigenvalue weighted by molar-refractivity contribution is 6.74. The maximum atomic E-state index is 13.3. The molecule has 4 heterocycles. The van der Waals surface area contributed by atoms with Crippen LogP contribution in [0.25, 0.3) is 0 Å². The first-order valence-electron chi connectivity index (χ1n) is 25.6. The average molecular weight is 959 g/mol. The first-order chi connectivity index (χ1) is 31.5. The minimum absolute atomic E-state index is 0.0737. The molecule has 0 spiro atoms. The predicted molar refractivity (Wildman–Crippen MR) is 257 cm³/mol. The highest BCUT2D eigenvalue weighted by atomic mass is 28.4. The van der Waals surface area contributed by atoms with Gasteiger partial charge in [-0.2, -0.15) is 0 Å². The molecule has 0 unspecified atom stereocenters. The smallest absolute Gasteiger partial charge is 0.311 e. The third-order valence-corrected chi connectivity index (χ3v) is 19.7. The van der Waals surface area contributed by atoms with Gasteiger partial charge in [-0.1, -0.05) is 51.1 Å². The van der Waals surface area contributed by atoms with Crippen LogP contribution in [0.5, 0.6) is 0 Å². The second-order valence-electron chi connectivity index (χ2n) is 22.1. The fourth-order valence-corrected chi connectivity index (χ4v) is 11.3. The zero-order valence-corrected chi connectivity index (χ0v) is 44.1. The third kappa shape index (κ3) is 16.3. The van der Waals surface area contributed by atoms with Crippen molar-refractivity contribution < 1.29 is 61.5 Å². The second-order valence-corrected chi connectivity index (χ2v) is 26.9. The Hall–Kier alpha value is -2.88. The molecule has 1 aromatic carbocycles. The summed E-state index contributed by atoms with van der Waals surface area (Å²) in [4.78, 5) is 52.4. The van der Waals surface area contributed by atoms with E-state index in [0.29, 0.717) is 25.7 Å². The van der Waals surface area contributed by atoms with Crippen LogP contribution in [-0.4, -0.2) is 105 Å². The summed E-state index contributed by atoms with van der Waals surface area (Å²) in [7, 11) is -1.87. The van der Waals surface area contributed by atoms with Gasteiger partial charge in [-0.15, -0.1) is 0 Å². The molecular weight excluding hydrogens is 873 g/mol. The summed E-state index contributed by atoms with van der Waals surface area (Å²) in [5.41, 5.74) is 0.940. The van der Waals surface area contributed by atoms with Crippen molar-refractivity contribution in [1.29, 1.82) is 0 Å². The Morgan fingerprint density at radius 1 is 0.507 bits per heavy atom. The molecule has 4 saturated heterocycles. The molecule has 380 valence electrons. The summed E-state index contributed by atoms with van der Waals surface area (Å²) >= 11 is 0. The largest absolute Gasteiger partial charge is 0.462 e. The monoisotopic (exact) mass is 959 g/mol. The van der Waals surface area contributed by atoms with Gasteiger partial charge in [-0.3, -0.25) is 19.2 Å². The van der Waals surface area contributed by atoms with E-state index >= 15 is 0 Å². The Morgan fingerprint density at radius 3 is 1.15 bits per heavy atom. The summed E-state index contributed by atoms with van der Waals surface area (Å²) in [5.74, 6) is -2.81. The minimum atomic E-state index is -1.87. The fraction of sp³-hybridized carbons (Fsp3) is 0.811. The molecule has 0 bridgehead atoms. The summed E-state index contributed by atoms with van der Waals surface area (Å²) in [6.07, 6.45) is 6.44. The van der Waals surface area contributed by atoms with Crippen molar-refractivity contribution in [1.82, 2.24) is 0 Å². The number of rotatable bonds is 23. The lowest BCUT2D eigenvalue weighted by molar-refractivity contribution is -0.161. The molecule has 5 rings (SSSR count). The van der Waals surface area contributed by atoms with Crippen LogP contribution < -0.4 is 0 Å². The Bertz CT molecular complexity index is 1730. The van der Waals surface area contributed by atoms with Gasteiger partial charge in [0, 0.05) is 25.4 Å². The van der Waals surface area contributed by atoms with Crippen molar-refractivity contribution in [3.05, 3.63) is 35.9 Å². The molecule has 4 aliphatic heterocycles. The van der Waals surface area contributed by atoms with Crippen molar-refractivity contribution >= 4 is 32.2 Å². The van der Waals surface area contributed by atoms with Gasteiger partial charge in [-0.05, 0) is 137 Å². The fourth-order valence-electron chi connectivity index (χ4n) is 9.84. The van der Waals surface area contributed by atoms with Crippen molar-refractivity contribution in [2.75, 3.05) is 0 Å². The maximum Gasteiger partial charge on any atom is 0.311 e. The van der Waals surface area contributed by atoms with E-state index in [-0.39, 0.29) is 115 Å². The van der Waals surface area contributed by atoms with E-state index in [1.165, 1.54) is 0 Å². The molecule has 14 heteroatoms. The Labute approximate surface area is 403 Å². The van der Waals surface area contributed by atoms with Crippen LogP contribution in [0.4, 0.5) is 0 Å². The lowest BCUT2D eigenvalue weighted by atomic mass is 10.0. The van der Waals surface area contributed by atoms with E-state index in [4.69, 9.17) is 42.3 Å². The molecule has 67 heavy (non-hydrogen) atoms. The van der Waals surface area contributed by atoms with Gasteiger partial charge in [0.25, 0.3) is 0 Å². The maximum absolute atomic E-state index is 13.3. The highest BCUT2D eigenvalue weighted by Crippen LogP contribution is 2.39. The third-order valence-electron chi connectivity index (χ3n) is 15.1. The zero-order valence-electron chi connectivity index (χ0n) is 43.1. The van der Waals surface area contributed by atoms with Crippen molar-refractivity contribution in [3.63, 3.8) is 0 Å². The van der Waals surface area contributed by atoms with Gasteiger partial charge in [0.05, 0.1) is 72.5 Å². The number of esters is 4. The van der Waals surface area contributed by atoms with Crippen LogP contribution >= 0.6 is 0 Å². The van der Waals surface area contributed by atoms with Gasteiger partial charge in [0.15, 0.2) is 8.32 Å². The molecule has 16 atom stereocenters. The molecule has 13 nitrogen and oxygen atoms in total. The molecule has 4 aliphatic rings. The molecule has 4 fully saturated rings. The Kier molecular flexibility index (Phi) is 20.4. The van der Waals surface area contributed by atoms with Crippen LogP contribution in [0.2, 0.25) is 18.1 Å². The van der Waals surface area contributed by atoms with Crippen molar-refractivity contribution in [2.24, 2.45) is 23.7 Å². The van der Waals surface area contributed by atoms with E-state index < -0.39 is 26.1 Å². The van der Waals surface area contributed by atoms with E-state index in [2.05, 4.69) is 40.8 Å². The number of hydrogen-bond acceptors (Lipinski definition) is 13. The van der Waals surface area contributed by atoms with Gasteiger partial charge in [-0.25, -0.2) is 0 Å². The molecule has 0 N–H and O–H groups in total. The minimum Gasteiger partial charge on any atom is -0.462 e. The van der Waals surface area contributed by atoms with Gasteiger partial charge >= 0.3 is 23.9 Å². The van der Waals surface area contributed by atoms with Crippen LogP contribution in [0.3, 0.4) is 0 Å². The Balaban J connectivity index is 0.936. The van der Waals surface area contributed by atoms with E-state index in [0.717, 1.165) is 56.9 Å². The Morgan fingerprint density at radius 2 is 0.821 bits per heavy atom. The van der Waals surface area contributed by atoms with E-state index in [9.17, 15) is 19.2 Å². The topological polar surface area (TPSA) is 151 Å². The molecule has 0 aromatic heterocycles. The SMILES string of the molecule is C[C@H](C[C@H]1CC[C@@H]([C@H](C)C(=O)O[C@@H](C)C[C@@H]2CC[C@H]([C@@H](C)C(=O)OCc3ccccc3)O2)O1)OC(=O)[C@@H](C)[C@H]1CC[C@@H](C[C@H](C)OC(=O)[C@@H](C)[C@@H]2CC[C@H](C[C@@H](C)O[Si](C)(C)C(C)(C)C)O2)O1. The van der Waals surface area contributed by atoms with E-state index in [1.54, 1.807) is 0 Å². The normalized spacial score (nSPS) is 29.3. The quantitative estimate of drug-likeness (QED) is 0.0582.